The Morgan fingerprint density at radius 1 is 1.14 bits per heavy atom. The van der Waals surface area contributed by atoms with Crippen LogP contribution in [0.15, 0.2) is 52.2 Å². The summed E-state index contributed by atoms with van der Waals surface area (Å²) in [6.07, 6.45) is 2.23. The fourth-order valence-electron chi connectivity index (χ4n) is 2.40. The Morgan fingerprint density at radius 3 is 2.64 bits per heavy atom. The molecule has 1 N–H and O–H groups in total. The second kappa shape index (κ2) is 6.15. The van der Waals surface area contributed by atoms with Crippen molar-refractivity contribution < 1.29 is 0 Å². The van der Waals surface area contributed by atoms with Gasteiger partial charge >= 0.3 is 0 Å². The molecule has 112 valence electrons. The van der Waals surface area contributed by atoms with E-state index in [2.05, 4.69) is 10.1 Å². The van der Waals surface area contributed by atoms with Crippen LogP contribution in [0.3, 0.4) is 0 Å². The van der Waals surface area contributed by atoms with E-state index >= 15 is 0 Å². The lowest BCUT2D eigenvalue weighted by atomic mass is 10.1. The van der Waals surface area contributed by atoms with Gasteiger partial charge in [0.05, 0.1) is 11.1 Å². The summed E-state index contributed by atoms with van der Waals surface area (Å²) < 4.78 is 1.42. The minimum Gasteiger partial charge on any atom is -0.329 e. The van der Waals surface area contributed by atoms with Gasteiger partial charge in [-0.05, 0) is 18.6 Å². The van der Waals surface area contributed by atoms with Crippen LogP contribution in [0.4, 0.5) is 0 Å². The molecule has 0 saturated heterocycles. The molecule has 6 heteroatoms. The lowest BCUT2D eigenvalue weighted by Crippen LogP contribution is -2.24. The molecule has 1 aromatic carbocycles. The molecule has 0 saturated carbocycles. The van der Waals surface area contributed by atoms with Gasteiger partial charge in [-0.1, -0.05) is 18.2 Å². The van der Waals surface area contributed by atoms with Crippen molar-refractivity contribution in [1.82, 2.24) is 14.8 Å². The molecule has 0 fully saturated rings. The second-order valence-corrected chi connectivity index (χ2v) is 5.28. The summed E-state index contributed by atoms with van der Waals surface area (Å²) in [6.45, 7) is 0.448. The number of nitrogens with zero attached hydrogens (tertiary/aromatic N) is 2. The van der Waals surface area contributed by atoms with Crippen molar-refractivity contribution >= 4 is 22.4 Å². The minimum atomic E-state index is -0.207. The lowest BCUT2D eigenvalue weighted by Gasteiger charge is -2.10. The lowest BCUT2D eigenvalue weighted by molar-refractivity contribution is 0.578. The first kappa shape index (κ1) is 14.5. The molecule has 0 radical (unpaired) electrons. The molecule has 0 bridgehead atoms. The summed E-state index contributed by atoms with van der Waals surface area (Å²) in [5.41, 5.74) is 0.951. The molecule has 2 aromatic heterocycles. The predicted octanol–water partition coefficient (Wildman–Crippen LogP) is 2.38. The molecular weight excluding hydrogens is 302 g/mol. The van der Waals surface area contributed by atoms with Crippen molar-refractivity contribution in [3.8, 4) is 11.3 Å². The van der Waals surface area contributed by atoms with Gasteiger partial charge < -0.3 is 4.98 Å². The third-order valence-electron chi connectivity index (χ3n) is 3.42. The first-order valence-electron chi connectivity index (χ1n) is 6.95. The fraction of sp³-hybridized carbons (Fsp3) is 0.188. The maximum atomic E-state index is 12.5. The smallest absolute Gasteiger partial charge is 0.274 e. The first-order chi connectivity index (χ1) is 10.7. The summed E-state index contributed by atoms with van der Waals surface area (Å²) >= 11 is 5.71. The SMILES string of the molecule is O=c1cc(-c2nn(CCCCl)c(=O)c3ccccc23)cc[nH]1. The Kier molecular flexibility index (Phi) is 4.06. The summed E-state index contributed by atoms with van der Waals surface area (Å²) in [4.78, 5) is 26.6. The Bertz CT molecular complexity index is 930. The standard InChI is InChI=1S/C16H14ClN3O2/c17-7-3-9-20-16(22)13-5-2-1-4-12(13)15(19-20)11-6-8-18-14(21)10-11/h1-2,4-6,8,10H,3,7,9H2,(H,18,21). The van der Waals surface area contributed by atoms with E-state index in [0.29, 0.717) is 35.5 Å². The van der Waals surface area contributed by atoms with Crippen LogP contribution in [0.1, 0.15) is 6.42 Å². The number of fused-ring (bicyclic) bond motifs is 1. The normalized spacial score (nSPS) is 11.0. The summed E-state index contributed by atoms with van der Waals surface area (Å²) in [5.74, 6) is 0.460. The Balaban J connectivity index is 2.30. The summed E-state index contributed by atoms with van der Waals surface area (Å²) in [7, 11) is 0. The number of alkyl halides is 1. The van der Waals surface area contributed by atoms with Gasteiger partial charge in [0, 0.05) is 35.6 Å². The van der Waals surface area contributed by atoms with E-state index in [1.165, 1.54) is 10.7 Å². The van der Waals surface area contributed by atoms with Gasteiger partial charge in [0.1, 0.15) is 0 Å². The van der Waals surface area contributed by atoms with Gasteiger partial charge in [0.15, 0.2) is 0 Å². The van der Waals surface area contributed by atoms with Crippen molar-refractivity contribution in [1.29, 1.82) is 0 Å². The molecule has 22 heavy (non-hydrogen) atoms. The van der Waals surface area contributed by atoms with E-state index in [-0.39, 0.29) is 11.1 Å². The van der Waals surface area contributed by atoms with Crippen LogP contribution in [-0.2, 0) is 6.54 Å². The Labute approximate surface area is 131 Å². The molecule has 2 heterocycles. The van der Waals surface area contributed by atoms with Gasteiger partial charge in [0.2, 0.25) is 5.56 Å². The third kappa shape index (κ3) is 2.67. The Hall–Kier alpha value is -2.40. The molecule has 0 aliphatic carbocycles. The highest BCUT2D eigenvalue weighted by Crippen LogP contribution is 2.23. The molecule has 0 amide bonds. The van der Waals surface area contributed by atoms with Crippen molar-refractivity contribution in [2.75, 3.05) is 5.88 Å². The monoisotopic (exact) mass is 315 g/mol. The number of aromatic amines is 1. The third-order valence-corrected chi connectivity index (χ3v) is 3.69. The molecule has 0 aliphatic rings. The van der Waals surface area contributed by atoms with Crippen molar-refractivity contribution in [3.63, 3.8) is 0 Å². The number of pyridine rings is 1. The average Bonchev–Trinajstić information content (AvgIpc) is 2.54. The van der Waals surface area contributed by atoms with Crippen LogP contribution in [0.25, 0.3) is 22.0 Å². The van der Waals surface area contributed by atoms with Crippen molar-refractivity contribution in [2.24, 2.45) is 0 Å². The number of benzene rings is 1. The predicted molar refractivity (Wildman–Crippen MR) is 87.4 cm³/mol. The zero-order chi connectivity index (χ0) is 15.5. The molecule has 3 aromatic rings. The van der Waals surface area contributed by atoms with Crippen LogP contribution in [-0.4, -0.2) is 20.6 Å². The molecule has 0 aliphatic heterocycles. The molecule has 0 spiro atoms. The van der Waals surface area contributed by atoms with Crippen molar-refractivity contribution in [3.05, 3.63) is 63.3 Å². The van der Waals surface area contributed by atoms with E-state index in [1.54, 1.807) is 18.3 Å². The van der Waals surface area contributed by atoms with E-state index in [9.17, 15) is 9.59 Å². The number of H-pyrrole nitrogens is 1. The second-order valence-electron chi connectivity index (χ2n) is 4.91. The maximum absolute atomic E-state index is 12.5. The summed E-state index contributed by atoms with van der Waals surface area (Å²) in [5, 5.41) is 5.76. The van der Waals surface area contributed by atoms with Gasteiger partial charge in [-0.25, -0.2) is 4.68 Å². The van der Waals surface area contributed by atoms with Crippen LogP contribution in [0, 0.1) is 0 Å². The van der Waals surface area contributed by atoms with E-state index in [0.717, 1.165) is 5.39 Å². The van der Waals surface area contributed by atoms with E-state index in [4.69, 9.17) is 11.6 Å². The van der Waals surface area contributed by atoms with E-state index in [1.807, 2.05) is 18.2 Å². The average molecular weight is 316 g/mol. The first-order valence-corrected chi connectivity index (χ1v) is 7.49. The maximum Gasteiger partial charge on any atom is 0.274 e. The molecule has 5 nitrogen and oxygen atoms in total. The topological polar surface area (TPSA) is 67.8 Å². The largest absolute Gasteiger partial charge is 0.329 e. The van der Waals surface area contributed by atoms with Gasteiger partial charge in [-0.15, -0.1) is 11.6 Å². The van der Waals surface area contributed by atoms with Crippen LogP contribution in [0.2, 0.25) is 0 Å². The highest BCUT2D eigenvalue weighted by Gasteiger charge is 2.12. The highest BCUT2D eigenvalue weighted by atomic mass is 35.5. The number of halogens is 1. The molecule has 0 unspecified atom stereocenters. The highest BCUT2D eigenvalue weighted by molar-refractivity contribution is 6.17. The van der Waals surface area contributed by atoms with Crippen LogP contribution < -0.4 is 11.1 Å². The van der Waals surface area contributed by atoms with Gasteiger partial charge in [-0.2, -0.15) is 5.10 Å². The number of aryl methyl sites for hydroxylation is 1. The molecule has 0 atom stereocenters. The Morgan fingerprint density at radius 2 is 1.91 bits per heavy atom. The van der Waals surface area contributed by atoms with Crippen LogP contribution in [0.5, 0.6) is 0 Å². The summed E-state index contributed by atoms with van der Waals surface area (Å²) in [6, 6.07) is 10.5. The van der Waals surface area contributed by atoms with Gasteiger partial charge in [-0.3, -0.25) is 9.59 Å². The molecular formula is C16H14ClN3O2. The number of hydrogen-bond acceptors (Lipinski definition) is 3. The van der Waals surface area contributed by atoms with Crippen LogP contribution >= 0.6 is 11.6 Å². The number of nitrogens with one attached hydrogen (secondary N) is 1. The zero-order valence-electron chi connectivity index (χ0n) is 11.8. The van der Waals surface area contributed by atoms with Crippen molar-refractivity contribution in [2.45, 2.75) is 13.0 Å². The zero-order valence-corrected chi connectivity index (χ0v) is 12.5. The minimum absolute atomic E-state index is 0.144. The van der Waals surface area contributed by atoms with E-state index < -0.39 is 0 Å². The number of hydrogen-bond donors (Lipinski definition) is 1. The molecule has 3 rings (SSSR count). The van der Waals surface area contributed by atoms with Gasteiger partial charge in [0.25, 0.3) is 5.56 Å². The number of aromatic nitrogens is 3. The number of rotatable bonds is 4. The quantitative estimate of drug-likeness (QED) is 0.752. The fourth-order valence-corrected chi connectivity index (χ4v) is 2.52.